The van der Waals surface area contributed by atoms with Gasteiger partial charge in [0.25, 0.3) is 0 Å². The van der Waals surface area contributed by atoms with Crippen LogP contribution in [0.5, 0.6) is 0 Å². The zero-order valence-electron chi connectivity index (χ0n) is 19.6. The van der Waals surface area contributed by atoms with Crippen LogP contribution < -0.4 is 15.1 Å². The van der Waals surface area contributed by atoms with Crippen LogP contribution >= 0.6 is 69.2 Å². The van der Waals surface area contributed by atoms with Crippen molar-refractivity contribution in [2.75, 3.05) is 10.2 Å². The lowest BCUT2D eigenvalue weighted by molar-refractivity contribution is -0.122. The van der Waals surface area contributed by atoms with Gasteiger partial charge in [0.15, 0.2) is 0 Å². The number of carbonyl (C=O) groups excluding carboxylic acids is 3. The number of fused-ring (bicyclic) bond motifs is 2. The zero-order valence-corrected chi connectivity index (χ0v) is 24.3. The molecule has 1 saturated heterocycles. The fraction of sp³-hybridized carbons (Fsp3) is 0.154. The molecule has 13 heteroatoms. The number of hydrogen-bond donors (Lipinski definition) is 1. The Morgan fingerprint density at radius 3 is 2.41 bits per heavy atom. The summed E-state index contributed by atoms with van der Waals surface area (Å²) in [5, 5.41) is 5.52. The highest BCUT2D eigenvalue weighted by Crippen LogP contribution is 2.54. The lowest BCUT2D eigenvalue weighted by Crippen LogP contribution is -2.32. The summed E-state index contributed by atoms with van der Waals surface area (Å²) < 4.78 is 1.37. The monoisotopic (exact) mass is 635 g/mol. The number of amides is 3. The van der Waals surface area contributed by atoms with Crippen LogP contribution in [0.2, 0.25) is 15.1 Å². The Morgan fingerprint density at radius 1 is 0.949 bits per heavy atom. The number of carbonyl (C=O) groups is 3. The maximum absolute atomic E-state index is 13.8. The summed E-state index contributed by atoms with van der Waals surface area (Å²) in [7, 11) is 0. The molecule has 2 aromatic heterocycles. The van der Waals surface area contributed by atoms with Crippen molar-refractivity contribution in [1.82, 2.24) is 4.57 Å². The molecule has 4 heterocycles. The normalized spacial score (nSPS) is 20.2. The number of hydrogen-bond acceptors (Lipinski definition) is 7. The van der Waals surface area contributed by atoms with Crippen molar-refractivity contribution in [3.63, 3.8) is 0 Å². The molecule has 2 aliphatic rings. The summed E-state index contributed by atoms with van der Waals surface area (Å²) in [6, 6.07) is 15.0. The Kier molecular flexibility index (Phi) is 7.11. The van der Waals surface area contributed by atoms with Crippen LogP contribution in [-0.2, 0) is 20.9 Å². The highest BCUT2D eigenvalue weighted by molar-refractivity contribution is 8.00. The Morgan fingerprint density at radius 2 is 1.72 bits per heavy atom. The van der Waals surface area contributed by atoms with Gasteiger partial charge in [-0.1, -0.05) is 64.0 Å². The van der Waals surface area contributed by atoms with E-state index in [-0.39, 0.29) is 28.3 Å². The first-order valence-corrected chi connectivity index (χ1v) is 15.3. The molecule has 2 aliphatic heterocycles. The minimum absolute atomic E-state index is 0.268. The van der Waals surface area contributed by atoms with Crippen LogP contribution in [0.4, 0.5) is 11.4 Å². The summed E-state index contributed by atoms with van der Waals surface area (Å²) in [5.41, 5.74) is 0.877. The zero-order chi connectivity index (χ0) is 27.4. The van der Waals surface area contributed by atoms with Gasteiger partial charge in [-0.25, -0.2) is 4.90 Å². The lowest BCUT2D eigenvalue weighted by Gasteiger charge is -2.29. The van der Waals surface area contributed by atoms with Crippen LogP contribution in [-0.4, -0.2) is 27.5 Å². The van der Waals surface area contributed by atoms with Crippen molar-refractivity contribution in [1.29, 1.82) is 0 Å². The van der Waals surface area contributed by atoms with Gasteiger partial charge >= 0.3 is 4.87 Å². The predicted molar refractivity (Wildman–Crippen MR) is 157 cm³/mol. The van der Waals surface area contributed by atoms with Gasteiger partial charge < -0.3 is 5.32 Å². The molecule has 3 atom stereocenters. The summed E-state index contributed by atoms with van der Waals surface area (Å²) in [6.45, 7) is -0.268. The maximum atomic E-state index is 13.8. The van der Waals surface area contributed by atoms with Gasteiger partial charge in [-0.3, -0.25) is 23.7 Å². The van der Waals surface area contributed by atoms with Crippen LogP contribution in [0.15, 0.2) is 69.8 Å². The van der Waals surface area contributed by atoms with E-state index in [1.165, 1.54) is 26.9 Å². The van der Waals surface area contributed by atoms with Gasteiger partial charge in [-0.2, -0.15) is 0 Å². The number of anilines is 2. The van der Waals surface area contributed by atoms with Gasteiger partial charge in [-0.05, 0) is 53.9 Å². The number of nitrogens with zero attached hydrogens (tertiary/aromatic N) is 2. The molecule has 0 saturated carbocycles. The average Bonchev–Trinajstić information content (AvgIpc) is 3.60. The molecule has 6 rings (SSSR count). The lowest BCUT2D eigenvalue weighted by atomic mass is 9.87. The molecule has 0 aliphatic carbocycles. The molecular weight excluding hydrogens is 621 g/mol. The fourth-order valence-corrected chi connectivity index (χ4v) is 8.94. The van der Waals surface area contributed by atoms with Gasteiger partial charge in [0.1, 0.15) is 11.8 Å². The smallest absolute Gasteiger partial charge is 0.308 e. The number of rotatable bonds is 5. The molecule has 39 heavy (non-hydrogen) atoms. The minimum Gasteiger partial charge on any atom is -0.324 e. The molecule has 1 N–H and O–H groups in total. The Labute approximate surface area is 249 Å². The highest BCUT2D eigenvalue weighted by Gasteiger charge is 2.57. The second-order valence-corrected chi connectivity index (χ2v) is 13.2. The predicted octanol–water partition coefficient (Wildman–Crippen LogP) is 6.37. The highest BCUT2D eigenvalue weighted by atomic mass is 35.5. The topological polar surface area (TPSA) is 88.5 Å². The Bertz CT molecular complexity index is 1680. The van der Waals surface area contributed by atoms with Crippen LogP contribution in [0, 0.1) is 5.92 Å². The number of thiazole rings is 1. The molecule has 2 unspecified atom stereocenters. The number of thioether (sulfide) groups is 1. The molecule has 4 aromatic rings. The third-order valence-corrected chi connectivity index (χ3v) is 11.0. The van der Waals surface area contributed by atoms with E-state index in [1.807, 2.05) is 17.5 Å². The van der Waals surface area contributed by atoms with Crippen LogP contribution in [0.25, 0.3) is 0 Å². The number of thiophene rings is 1. The second-order valence-electron chi connectivity index (χ2n) is 8.85. The summed E-state index contributed by atoms with van der Waals surface area (Å²) >= 11 is 21.7. The van der Waals surface area contributed by atoms with Crippen LogP contribution in [0.1, 0.15) is 15.7 Å². The van der Waals surface area contributed by atoms with E-state index >= 15 is 0 Å². The molecule has 198 valence electrons. The summed E-state index contributed by atoms with van der Waals surface area (Å²) in [5.74, 6) is -2.32. The van der Waals surface area contributed by atoms with Crippen LogP contribution in [0.3, 0.4) is 0 Å². The fourth-order valence-electron chi connectivity index (χ4n) is 4.79. The van der Waals surface area contributed by atoms with Crippen molar-refractivity contribution < 1.29 is 14.4 Å². The van der Waals surface area contributed by atoms with Gasteiger partial charge in [-0.15, -0.1) is 11.3 Å². The van der Waals surface area contributed by atoms with E-state index in [2.05, 4.69) is 5.32 Å². The van der Waals surface area contributed by atoms with Gasteiger partial charge in [0.05, 0.1) is 26.7 Å². The molecule has 7 nitrogen and oxygen atoms in total. The maximum Gasteiger partial charge on any atom is 0.308 e. The first-order chi connectivity index (χ1) is 18.7. The number of benzene rings is 2. The number of aromatic nitrogens is 1. The largest absolute Gasteiger partial charge is 0.324 e. The van der Waals surface area contributed by atoms with Crippen molar-refractivity contribution in [2.45, 2.75) is 22.7 Å². The van der Waals surface area contributed by atoms with Crippen molar-refractivity contribution in [2.24, 2.45) is 5.92 Å². The van der Waals surface area contributed by atoms with Gasteiger partial charge in [0, 0.05) is 26.4 Å². The van der Waals surface area contributed by atoms with Crippen molar-refractivity contribution in [3.05, 3.63) is 94.5 Å². The quantitative estimate of drug-likeness (QED) is 0.258. The van der Waals surface area contributed by atoms with Crippen molar-refractivity contribution >= 4 is 98.3 Å². The third kappa shape index (κ3) is 4.73. The number of imide groups is 1. The van der Waals surface area contributed by atoms with E-state index in [4.69, 9.17) is 34.8 Å². The molecule has 0 spiro atoms. The first-order valence-electron chi connectivity index (χ1n) is 11.5. The van der Waals surface area contributed by atoms with Gasteiger partial charge in [0.2, 0.25) is 17.7 Å². The Hall–Kier alpha value is -2.60. The molecule has 2 aromatic carbocycles. The van der Waals surface area contributed by atoms with E-state index in [1.54, 1.807) is 36.4 Å². The molecule has 3 amide bonds. The van der Waals surface area contributed by atoms with E-state index < -0.39 is 23.0 Å². The number of halogens is 3. The molecule has 0 bridgehead atoms. The summed E-state index contributed by atoms with van der Waals surface area (Å²) in [4.78, 5) is 56.0. The van der Waals surface area contributed by atoms with E-state index in [9.17, 15) is 19.2 Å². The molecule has 0 radical (unpaired) electrons. The standard InChI is InChI=1S/C26H16Cl3N3O4S3/c27-12-3-6-14(7-4-12)32-23(34)20-19(17-2-1-9-37-17)22-25(38-21(20)24(32)35)31(26(36)39-22)11-18(33)30-13-5-8-15(28)16(29)10-13/h1-10,19-21H,11H2,(H,30,33)/t19-,20?,21?/m1/s1. The molecular formula is C26H16Cl3N3O4S3. The number of nitrogens with one attached hydrogen (secondary N) is 1. The van der Waals surface area contributed by atoms with E-state index in [0.717, 1.165) is 28.0 Å². The SMILES string of the molecule is O=C(Cn1c2c(sc1=O)[C@H](c1cccs1)C1C(=O)N(c3ccc(Cl)cc3)C(=O)C1S2)Nc1ccc(Cl)c(Cl)c1. The van der Waals surface area contributed by atoms with E-state index in [0.29, 0.717) is 31.3 Å². The summed E-state index contributed by atoms with van der Waals surface area (Å²) in [6.07, 6.45) is 0. The average molecular weight is 637 g/mol. The Balaban J connectivity index is 1.37. The first kappa shape index (κ1) is 26.6. The van der Waals surface area contributed by atoms with Crippen molar-refractivity contribution in [3.8, 4) is 0 Å². The second kappa shape index (κ2) is 10.4. The minimum atomic E-state index is -0.758. The third-order valence-electron chi connectivity index (χ3n) is 6.49. The molecule has 1 fully saturated rings.